The lowest BCUT2D eigenvalue weighted by molar-refractivity contribution is -0.163. The van der Waals surface area contributed by atoms with E-state index in [2.05, 4.69) is 25.5 Å². The van der Waals surface area contributed by atoms with Gasteiger partial charge >= 0.3 is 17.9 Å². The smallest absolute Gasteiger partial charge is 0.327 e. The minimum atomic E-state index is -4.63. The van der Waals surface area contributed by atoms with Crippen molar-refractivity contribution in [2.24, 2.45) is 0 Å². The van der Waals surface area contributed by atoms with Crippen molar-refractivity contribution < 1.29 is 22.8 Å². The van der Waals surface area contributed by atoms with Crippen molar-refractivity contribution in [1.29, 1.82) is 0 Å². The number of halogens is 4. The van der Waals surface area contributed by atoms with Crippen LogP contribution in [0, 0.1) is 0 Å². The van der Waals surface area contributed by atoms with E-state index in [0.29, 0.717) is 69.0 Å². The number of aromatic nitrogens is 5. The minimum Gasteiger partial charge on any atom is -0.327 e. The molecule has 0 radical (unpaired) electrons. The molecule has 40 heavy (non-hydrogen) atoms. The van der Waals surface area contributed by atoms with Crippen molar-refractivity contribution in [3.05, 3.63) is 57.2 Å². The number of imidazole rings is 1. The first kappa shape index (κ1) is 26.2. The molecule has 3 aromatic heterocycles. The quantitative estimate of drug-likeness (QED) is 0.345. The van der Waals surface area contributed by atoms with Gasteiger partial charge in [-0.3, -0.25) is 19.4 Å². The molecule has 0 saturated carbocycles. The van der Waals surface area contributed by atoms with Crippen molar-refractivity contribution >= 4 is 45.6 Å². The number of carbonyl (C=O) groups is 2. The summed E-state index contributed by atoms with van der Waals surface area (Å²) in [7, 11) is 0. The number of rotatable bonds is 3. The largest absolute Gasteiger partial charge is 0.406 e. The monoisotopic (exact) mass is 576 g/mol. The lowest BCUT2D eigenvalue weighted by atomic mass is 9.98. The highest BCUT2D eigenvalue weighted by atomic mass is 35.5. The van der Waals surface area contributed by atoms with Gasteiger partial charge in [-0.2, -0.15) is 18.3 Å². The van der Waals surface area contributed by atoms with Crippen LogP contribution in [0.1, 0.15) is 30.0 Å². The summed E-state index contributed by atoms with van der Waals surface area (Å²) in [6, 6.07) is 3.18. The van der Waals surface area contributed by atoms with E-state index in [1.807, 2.05) is 0 Å². The maximum Gasteiger partial charge on any atom is 0.406 e. The summed E-state index contributed by atoms with van der Waals surface area (Å²) in [4.78, 5) is 48.2. The zero-order valence-corrected chi connectivity index (χ0v) is 21.7. The Hall–Kier alpha value is -4.07. The molecule has 1 unspecified atom stereocenters. The van der Waals surface area contributed by atoms with Gasteiger partial charge in [-0.25, -0.2) is 14.6 Å². The van der Waals surface area contributed by atoms with Crippen LogP contribution in [0.4, 0.5) is 18.0 Å². The van der Waals surface area contributed by atoms with Crippen LogP contribution in [-0.2, 0) is 17.8 Å². The number of aromatic amines is 2. The number of hydrogen-bond acceptors (Lipinski definition) is 5. The fourth-order valence-corrected chi connectivity index (χ4v) is 5.97. The zero-order chi connectivity index (χ0) is 28.2. The Morgan fingerprint density at radius 1 is 1.23 bits per heavy atom. The van der Waals surface area contributed by atoms with Crippen LogP contribution in [0.5, 0.6) is 0 Å². The number of amides is 3. The number of benzene rings is 1. The number of fused-ring (bicyclic) bond motifs is 4. The van der Waals surface area contributed by atoms with Crippen LogP contribution >= 0.6 is 11.6 Å². The predicted octanol–water partition coefficient (Wildman–Crippen LogP) is 3.12. The minimum absolute atomic E-state index is 0.0245. The predicted molar refractivity (Wildman–Crippen MR) is 139 cm³/mol. The van der Waals surface area contributed by atoms with E-state index in [4.69, 9.17) is 11.6 Å². The van der Waals surface area contributed by atoms with Crippen molar-refractivity contribution in [2.75, 3.05) is 19.6 Å². The van der Waals surface area contributed by atoms with Gasteiger partial charge in [0.15, 0.2) is 5.65 Å². The van der Waals surface area contributed by atoms with Gasteiger partial charge in [0.25, 0.3) is 0 Å². The second-order valence-electron chi connectivity index (χ2n) is 10.1. The van der Waals surface area contributed by atoms with Crippen molar-refractivity contribution in [3.8, 4) is 0 Å². The van der Waals surface area contributed by atoms with E-state index in [-0.39, 0.29) is 24.7 Å². The molecular formula is C25H24ClF3N8O3. The summed E-state index contributed by atoms with van der Waals surface area (Å²) in [5.74, 6) is -0.831. The summed E-state index contributed by atoms with van der Waals surface area (Å²) in [5, 5.41) is 10.2. The van der Waals surface area contributed by atoms with E-state index >= 15 is 0 Å². The molecule has 3 amide bonds. The first-order chi connectivity index (χ1) is 19.1. The molecule has 0 bridgehead atoms. The maximum absolute atomic E-state index is 13.4. The number of piperidine rings is 1. The van der Waals surface area contributed by atoms with Crippen LogP contribution in [-0.4, -0.2) is 78.3 Å². The van der Waals surface area contributed by atoms with Gasteiger partial charge in [0.05, 0.1) is 22.3 Å². The van der Waals surface area contributed by atoms with Crippen molar-refractivity contribution in [1.82, 2.24) is 39.8 Å². The molecule has 1 fully saturated rings. The Morgan fingerprint density at radius 3 is 2.75 bits per heavy atom. The summed E-state index contributed by atoms with van der Waals surface area (Å²) in [5.41, 5.74) is 2.41. The van der Waals surface area contributed by atoms with E-state index < -0.39 is 30.7 Å². The molecule has 2 aliphatic heterocycles. The number of carbonyl (C=O) groups excluding carboxylic acids is 2. The highest BCUT2D eigenvalue weighted by Crippen LogP contribution is 2.33. The second kappa shape index (κ2) is 9.84. The molecule has 15 heteroatoms. The lowest BCUT2D eigenvalue weighted by Gasteiger charge is -2.34. The first-order valence-electron chi connectivity index (χ1n) is 12.7. The summed E-state index contributed by atoms with van der Waals surface area (Å²) in [6.07, 6.45) is -0.646. The van der Waals surface area contributed by atoms with Gasteiger partial charge in [0, 0.05) is 43.7 Å². The molecule has 1 aromatic carbocycles. The van der Waals surface area contributed by atoms with Crippen molar-refractivity contribution in [3.63, 3.8) is 0 Å². The number of pyridine rings is 1. The molecule has 3 N–H and O–H groups in total. The van der Waals surface area contributed by atoms with Gasteiger partial charge < -0.3 is 15.1 Å². The standard InChI is InChI=1S/C25H24ClF3N8O3/c26-17-8-13-9-18(22(38)36(12-25(27,28)29)11-16(13)15-10-31-34-20(15)17)32-23(39)35-6-3-14(4-7-35)37-19-2-1-5-30-21(19)33-24(37)40/h1-2,5,8,10,14,18H,3-4,6-7,9,11-12H2,(H,31,34)(H,32,39)(H,30,33,40). The van der Waals surface area contributed by atoms with Gasteiger partial charge in [-0.15, -0.1) is 0 Å². The van der Waals surface area contributed by atoms with E-state index in [9.17, 15) is 27.6 Å². The Kier molecular flexibility index (Phi) is 6.44. The topological polar surface area (TPSA) is 132 Å². The average molecular weight is 577 g/mol. The van der Waals surface area contributed by atoms with Gasteiger partial charge in [-0.05, 0) is 42.2 Å². The Balaban J connectivity index is 1.21. The fraction of sp³-hybridized carbons (Fsp3) is 0.400. The molecular weight excluding hydrogens is 553 g/mol. The number of hydrogen-bond donors (Lipinski definition) is 3. The first-order valence-corrected chi connectivity index (χ1v) is 13.1. The number of nitrogens with zero attached hydrogens (tertiary/aromatic N) is 5. The molecule has 0 aliphatic carbocycles. The third kappa shape index (κ3) is 4.76. The van der Waals surface area contributed by atoms with Crippen LogP contribution < -0.4 is 11.0 Å². The van der Waals surface area contributed by atoms with Crippen LogP contribution in [0.25, 0.3) is 22.1 Å². The van der Waals surface area contributed by atoms with E-state index in [0.717, 1.165) is 0 Å². The van der Waals surface area contributed by atoms with E-state index in [1.165, 1.54) is 11.1 Å². The molecule has 2 aliphatic rings. The highest BCUT2D eigenvalue weighted by Gasteiger charge is 2.39. The molecule has 210 valence electrons. The third-order valence-corrected chi connectivity index (χ3v) is 7.85. The molecule has 1 atom stereocenters. The molecule has 4 aromatic rings. The van der Waals surface area contributed by atoms with Gasteiger partial charge in [-0.1, -0.05) is 11.6 Å². The normalized spacial score (nSPS) is 18.8. The summed E-state index contributed by atoms with van der Waals surface area (Å²) < 4.78 is 42.0. The van der Waals surface area contributed by atoms with Crippen molar-refractivity contribution in [2.45, 2.75) is 44.1 Å². The average Bonchev–Trinajstić information content (AvgIpc) is 3.50. The molecule has 1 saturated heterocycles. The number of likely N-dealkylation sites (tertiary alicyclic amines) is 1. The SMILES string of the molecule is O=C(NC1Cc2cc(Cl)c3[nH]ncc3c2CN(CC(F)(F)F)C1=O)N1CCC(n2c(=O)[nH]c3ncccc32)CC1. The van der Waals surface area contributed by atoms with Crippen LogP contribution in [0.15, 0.2) is 35.4 Å². The third-order valence-electron chi connectivity index (χ3n) is 7.55. The second-order valence-corrected chi connectivity index (χ2v) is 10.5. The molecule has 6 rings (SSSR count). The zero-order valence-electron chi connectivity index (χ0n) is 21.0. The van der Waals surface area contributed by atoms with Crippen LogP contribution in [0.2, 0.25) is 5.02 Å². The molecule has 0 spiro atoms. The van der Waals surface area contributed by atoms with Gasteiger partial charge in [0.1, 0.15) is 12.6 Å². The Bertz CT molecular complexity index is 1670. The lowest BCUT2D eigenvalue weighted by Crippen LogP contribution is -2.54. The number of H-pyrrole nitrogens is 2. The van der Waals surface area contributed by atoms with Crippen LogP contribution in [0.3, 0.4) is 0 Å². The Morgan fingerprint density at radius 2 is 2.00 bits per heavy atom. The number of urea groups is 1. The molecule has 5 heterocycles. The van der Waals surface area contributed by atoms with Gasteiger partial charge in [0.2, 0.25) is 5.91 Å². The summed E-state index contributed by atoms with van der Waals surface area (Å²) in [6.45, 7) is -1.17. The Labute approximate surface area is 229 Å². The highest BCUT2D eigenvalue weighted by molar-refractivity contribution is 6.35. The van der Waals surface area contributed by atoms with E-state index in [1.54, 1.807) is 29.0 Å². The summed E-state index contributed by atoms with van der Waals surface area (Å²) >= 11 is 6.37. The molecule has 11 nitrogen and oxygen atoms in total. The maximum atomic E-state index is 13.4. The number of nitrogens with one attached hydrogen (secondary N) is 3. The number of alkyl halides is 3. The fourth-order valence-electron chi connectivity index (χ4n) is 5.70.